The molecule has 0 saturated heterocycles. The first kappa shape index (κ1) is 12.4. The molecule has 0 unspecified atom stereocenters. The Morgan fingerprint density at radius 1 is 0.750 bits per heavy atom. The van der Waals surface area contributed by atoms with Gasteiger partial charge in [-0.2, -0.15) is 0 Å². The molecule has 0 radical (unpaired) electrons. The molecule has 3 aromatic rings. The molecule has 0 amide bonds. The van der Waals surface area contributed by atoms with Gasteiger partial charge in [-0.1, -0.05) is 54.6 Å². The lowest BCUT2D eigenvalue weighted by atomic mass is 10.0. The molecule has 0 saturated carbocycles. The van der Waals surface area contributed by atoms with Crippen LogP contribution >= 0.6 is 0 Å². The number of benzene rings is 2. The van der Waals surface area contributed by atoms with Gasteiger partial charge in [0, 0.05) is 6.20 Å². The van der Waals surface area contributed by atoms with Gasteiger partial charge in [0.15, 0.2) is 0 Å². The summed E-state index contributed by atoms with van der Waals surface area (Å²) in [6, 6.07) is 23.0. The first-order chi connectivity index (χ1) is 9.81. The molecule has 2 nitrogen and oxygen atoms in total. The Bertz CT molecular complexity index is 688. The predicted molar refractivity (Wildman–Crippen MR) is 83.3 cm³/mol. The zero-order valence-electron chi connectivity index (χ0n) is 11.2. The summed E-state index contributed by atoms with van der Waals surface area (Å²) in [6.45, 7) is 0. The molecule has 0 spiro atoms. The van der Waals surface area contributed by atoms with E-state index in [1.54, 1.807) is 6.20 Å². The molecule has 98 valence electrons. The molecule has 2 heteroatoms. The van der Waals surface area contributed by atoms with Crippen molar-refractivity contribution in [2.75, 3.05) is 5.73 Å². The number of aromatic nitrogens is 1. The summed E-state index contributed by atoms with van der Waals surface area (Å²) in [5.74, 6) is 0.573. The third-order valence-electron chi connectivity index (χ3n) is 3.31. The molecule has 20 heavy (non-hydrogen) atoms. The van der Waals surface area contributed by atoms with E-state index in [-0.39, 0.29) is 0 Å². The molecule has 0 aliphatic carbocycles. The second-order valence-electron chi connectivity index (χ2n) is 4.83. The molecule has 2 aromatic carbocycles. The summed E-state index contributed by atoms with van der Waals surface area (Å²) in [4.78, 5) is 4.01. The molecule has 0 bridgehead atoms. The minimum atomic E-state index is 0.573. The number of pyridine rings is 1. The van der Waals surface area contributed by atoms with Crippen LogP contribution in [-0.2, 0) is 6.42 Å². The van der Waals surface area contributed by atoms with Crippen molar-refractivity contribution >= 4 is 5.82 Å². The lowest BCUT2D eigenvalue weighted by molar-refractivity contribution is 1.17. The molecular weight excluding hydrogens is 244 g/mol. The minimum Gasteiger partial charge on any atom is -0.384 e. The first-order valence-electron chi connectivity index (χ1n) is 6.66. The van der Waals surface area contributed by atoms with Gasteiger partial charge in [-0.3, -0.25) is 0 Å². The van der Waals surface area contributed by atoms with Gasteiger partial charge in [0.1, 0.15) is 5.82 Å². The average Bonchev–Trinajstić information content (AvgIpc) is 2.49. The molecule has 0 aliphatic heterocycles. The van der Waals surface area contributed by atoms with Crippen LogP contribution in [0.3, 0.4) is 0 Å². The van der Waals surface area contributed by atoms with Crippen molar-refractivity contribution < 1.29 is 0 Å². The fourth-order valence-corrected chi connectivity index (χ4v) is 2.29. The van der Waals surface area contributed by atoms with Gasteiger partial charge >= 0.3 is 0 Å². The number of nitrogens with zero attached hydrogens (tertiary/aromatic N) is 1. The Hall–Kier alpha value is -2.61. The second kappa shape index (κ2) is 5.57. The zero-order chi connectivity index (χ0) is 13.8. The number of rotatable bonds is 3. The van der Waals surface area contributed by atoms with Crippen LogP contribution in [0.1, 0.15) is 11.1 Å². The van der Waals surface area contributed by atoms with Crippen LogP contribution in [0.4, 0.5) is 5.82 Å². The van der Waals surface area contributed by atoms with E-state index in [2.05, 4.69) is 53.5 Å². The van der Waals surface area contributed by atoms with E-state index < -0.39 is 0 Å². The van der Waals surface area contributed by atoms with Crippen LogP contribution in [-0.4, -0.2) is 4.98 Å². The van der Waals surface area contributed by atoms with Crippen molar-refractivity contribution in [2.45, 2.75) is 6.42 Å². The number of hydrogen-bond acceptors (Lipinski definition) is 2. The predicted octanol–water partition coefficient (Wildman–Crippen LogP) is 3.92. The van der Waals surface area contributed by atoms with E-state index in [1.807, 2.05) is 18.2 Å². The lowest BCUT2D eigenvalue weighted by Gasteiger charge is -2.05. The summed E-state index contributed by atoms with van der Waals surface area (Å²) in [7, 11) is 0. The Balaban J connectivity index is 1.80. The van der Waals surface area contributed by atoms with E-state index in [0.717, 1.165) is 6.42 Å². The summed E-state index contributed by atoms with van der Waals surface area (Å²) in [6.07, 6.45) is 2.63. The van der Waals surface area contributed by atoms with Crippen LogP contribution in [0.2, 0.25) is 0 Å². The Morgan fingerprint density at radius 3 is 2.15 bits per heavy atom. The van der Waals surface area contributed by atoms with Crippen LogP contribution in [0.15, 0.2) is 72.9 Å². The molecule has 0 fully saturated rings. The van der Waals surface area contributed by atoms with Crippen LogP contribution < -0.4 is 5.73 Å². The monoisotopic (exact) mass is 260 g/mol. The highest BCUT2D eigenvalue weighted by molar-refractivity contribution is 5.63. The van der Waals surface area contributed by atoms with Crippen molar-refractivity contribution in [3.05, 3.63) is 84.1 Å². The quantitative estimate of drug-likeness (QED) is 0.775. The van der Waals surface area contributed by atoms with Gasteiger partial charge < -0.3 is 5.73 Å². The smallest absolute Gasteiger partial charge is 0.123 e. The van der Waals surface area contributed by atoms with Gasteiger partial charge in [0.05, 0.1) is 0 Å². The topological polar surface area (TPSA) is 38.9 Å². The second-order valence-corrected chi connectivity index (χ2v) is 4.83. The van der Waals surface area contributed by atoms with E-state index in [1.165, 1.54) is 22.3 Å². The van der Waals surface area contributed by atoms with Gasteiger partial charge in [-0.05, 0) is 40.8 Å². The Labute approximate surface area is 118 Å². The summed E-state index contributed by atoms with van der Waals surface area (Å²) >= 11 is 0. The normalized spacial score (nSPS) is 10.4. The van der Waals surface area contributed by atoms with Crippen molar-refractivity contribution in [2.24, 2.45) is 0 Å². The Kier molecular flexibility index (Phi) is 3.46. The molecule has 0 aliphatic rings. The van der Waals surface area contributed by atoms with Crippen LogP contribution in [0, 0.1) is 0 Å². The minimum absolute atomic E-state index is 0.573. The standard InChI is InChI=1S/C18H16N2/c19-18-13-15(10-11-20-18)12-14-6-8-17(9-7-14)16-4-2-1-3-5-16/h1-11,13H,12H2,(H2,19,20). The highest BCUT2D eigenvalue weighted by atomic mass is 14.8. The van der Waals surface area contributed by atoms with Crippen molar-refractivity contribution in [1.29, 1.82) is 0 Å². The van der Waals surface area contributed by atoms with E-state index in [0.29, 0.717) is 5.82 Å². The highest BCUT2D eigenvalue weighted by Gasteiger charge is 2.00. The first-order valence-corrected chi connectivity index (χ1v) is 6.66. The van der Waals surface area contributed by atoms with Gasteiger partial charge in [0.2, 0.25) is 0 Å². The summed E-state index contributed by atoms with van der Waals surface area (Å²) in [5, 5.41) is 0. The zero-order valence-corrected chi connectivity index (χ0v) is 11.2. The number of hydrogen-bond donors (Lipinski definition) is 1. The fourth-order valence-electron chi connectivity index (χ4n) is 2.29. The summed E-state index contributed by atoms with van der Waals surface area (Å²) < 4.78 is 0. The highest BCUT2D eigenvalue weighted by Crippen LogP contribution is 2.20. The number of nitrogens with two attached hydrogens (primary N) is 1. The van der Waals surface area contributed by atoms with Gasteiger partial charge in [0.25, 0.3) is 0 Å². The van der Waals surface area contributed by atoms with Crippen molar-refractivity contribution in [3.63, 3.8) is 0 Å². The van der Waals surface area contributed by atoms with Crippen LogP contribution in [0.25, 0.3) is 11.1 Å². The number of anilines is 1. The summed E-state index contributed by atoms with van der Waals surface area (Å²) in [5.41, 5.74) is 10.6. The maximum absolute atomic E-state index is 5.70. The van der Waals surface area contributed by atoms with E-state index in [4.69, 9.17) is 5.73 Å². The molecule has 1 heterocycles. The maximum Gasteiger partial charge on any atom is 0.123 e. The van der Waals surface area contributed by atoms with Gasteiger partial charge in [-0.25, -0.2) is 4.98 Å². The van der Waals surface area contributed by atoms with E-state index in [9.17, 15) is 0 Å². The van der Waals surface area contributed by atoms with E-state index >= 15 is 0 Å². The average molecular weight is 260 g/mol. The maximum atomic E-state index is 5.70. The third kappa shape index (κ3) is 2.86. The molecule has 1 aromatic heterocycles. The third-order valence-corrected chi connectivity index (χ3v) is 3.31. The van der Waals surface area contributed by atoms with Crippen molar-refractivity contribution in [1.82, 2.24) is 4.98 Å². The SMILES string of the molecule is Nc1cc(Cc2ccc(-c3ccccc3)cc2)ccn1. The molecule has 3 rings (SSSR count). The molecular formula is C18H16N2. The van der Waals surface area contributed by atoms with Gasteiger partial charge in [-0.15, -0.1) is 0 Å². The number of nitrogen functional groups attached to an aromatic ring is 1. The van der Waals surface area contributed by atoms with Crippen LogP contribution in [0.5, 0.6) is 0 Å². The Morgan fingerprint density at radius 2 is 1.45 bits per heavy atom. The fraction of sp³-hybridized carbons (Fsp3) is 0.0556. The lowest BCUT2D eigenvalue weighted by Crippen LogP contribution is -1.93. The molecule has 2 N–H and O–H groups in total. The van der Waals surface area contributed by atoms with Crippen molar-refractivity contribution in [3.8, 4) is 11.1 Å². The molecule has 0 atom stereocenters. The largest absolute Gasteiger partial charge is 0.384 e.